The Morgan fingerprint density at radius 3 is 2.28 bits per heavy atom. The molecule has 3 rings (SSSR count). The molecule has 0 bridgehead atoms. The van der Waals surface area contributed by atoms with Gasteiger partial charge in [0.25, 0.3) is 0 Å². The number of benzene rings is 2. The van der Waals surface area contributed by atoms with Crippen molar-refractivity contribution in [1.82, 2.24) is 15.6 Å². The number of methoxy groups -OCH3 is 3. The van der Waals surface area contributed by atoms with Gasteiger partial charge in [-0.1, -0.05) is 17.7 Å². The lowest BCUT2D eigenvalue weighted by Crippen LogP contribution is -2.36. The first-order valence-electron chi connectivity index (χ1n) is 10.4. The van der Waals surface area contributed by atoms with E-state index < -0.39 is 0 Å². The first-order chi connectivity index (χ1) is 15.6. The summed E-state index contributed by atoms with van der Waals surface area (Å²) in [6, 6.07) is 11.9. The van der Waals surface area contributed by atoms with Gasteiger partial charge in [0.15, 0.2) is 17.5 Å². The van der Waals surface area contributed by atoms with Crippen LogP contribution in [0.25, 0.3) is 11.5 Å². The summed E-state index contributed by atoms with van der Waals surface area (Å²) in [5.74, 6) is 3.02. The van der Waals surface area contributed by atoms with Gasteiger partial charge in [0.2, 0.25) is 11.6 Å². The van der Waals surface area contributed by atoms with E-state index in [4.69, 9.17) is 18.6 Å². The third kappa shape index (κ3) is 5.72. The zero-order valence-electron chi connectivity index (χ0n) is 19.2. The van der Waals surface area contributed by atoms with Crippen LogP contribution in [0, 0.1) is 6.92 Å². The van der Waals surface area contributed by atoms with Gasteiger partial charge in [-0.25, -0.2) is 9.98 Å². The summed E-state index contributed by atoms with van der Waals surface area (Å²) in [6.45, 7) is 5.71. The minimum absolute atomic E-state index is 0.430. The fraction of sp³-hybridized carbons (Fsp3) is 0.333. The molecule has 0 saturated carbocycles. The van der Waals surface area contributed by atoms with E-state index in [1.807, 2.05) is 50.2 Å². The molecule has 8 heteroatoms. The molecule has 8 nitrogen and oxygen atoms in total. The Bertz CT molecular complexity index is 1020. The molecule has 0 amide bonds. The highest BCUT2D eigenvalue weighted by molar-refractivity contribution is 5.79. The predicted octanol–water partition coefficient (Wildman–Crippen LogP) is 3.93. The minimum Gasteiger partial charge on any atom is -0.493 e. The number of ether oxygens (including phenoxy) is 3. The summed E-state index contributed by atoms with van der Waals surface area (Å²) < 4.78 is 21.9. The smallest absolute Gasteiger partial charge is 0.226 e. The molecule has 1 heterocycles. The number of nitrogens with zero attached hydrogens (tertiary/aromatic N) is 2. The summed E-state index contributed by atoms with van der Waals surface area (Å²) in [4.78, 5) is 9.23. The molecule has 0 unspecified atom stereocenters. The first-order valence-corrected chi connectivity index (χ1v) is 10.4. The van der Waals surface area contributed by atoms with Crippen LogP contribution in [0.4, 0.5) is 0 Å². The molecule has 32 heavy (non-hydrogen) atoms. The van der Waals surface area contributed by atoms with Gasteiger partial charge in [0.05, 0.1) is 40.1 Å². The van der Waals surface area contributed by atoms with Crippen LogP contribution in [0.15, 0.2) is 52.1 Å². The summed E-state index contributed by atoms with van der Waals surface area (Å²) in [6.07, 6.45) is 1.66. The number of guanidine groups is 1. The van der Waals surface area contributed by atoms with E-state index in [-0.39, 0.29) is 0 Å². The SMILES string of the molecule is CCNC(=NCc1cc(OC)c(OC)c(OC)c1)NCc1coc(-c2ccc(C)cc2)n1. The van der Waals surface area contributed by atoms with E-state index in [1.165, 1.54) is 5.56 Å². The number of aryl methyl sites for hydroxylation is 1. The molecule has 2 N–H and O–H groups in total. The molecule has 0 aliphatic carbocycles. The summed E-state index contributed by atoms with van der Waals surface area (Å²) >= 11 is 0. The average molecular weight is 439 g/mol. The van der Waals surface area contributed by atoms with E-state index in [2.05, 4.69) is 20.6 Å². The fourth-order valence-electron chi connectivity index (χ4n) is 3.13. The summed E-state index contributed by atoms with van der Waals surface area (Å²) in [7, 11) is 4.77. The predicted molar refractivity (Wildman–Crippen MR) is 124 cm³/mol. The topological polar surface area (TPSA) is 90.1 Å². The van der Waals surface area contributed by atoms with Crippen molar-refractivity contribution in [2.45, 2.75) is 26.9 Å². The molecule has 2 aromatic carbocycles. The van der Waals surface area contributed by atoms with E-state index in [0.29, 0.717) is 42.2 Å². The Morgan fingerprint density at radius 2 is 1.69 bits per heavy atom. The number of hydrogen-bond acceptors (Lipinski definition) is 6. The first kappa shape index (κ1) is 23.0. The largest absolute Gasteiger partial charge is 0.493 e. The van der Waals surface area contributed by atoms with Gasteiger partial charge in [-0.05, 0) is 43.7 Å². The van der Waals surface area contributed by atoms with E-state index in [0.717, 1.165) is 23.4 Å². The molecular formula is C24H30N4O4. The van der Waals surface area contributed by atoms with Crippen molar-refractivity contribution in [3.05, 3.63) is 59.5 Å². The van der Waals surface area contributed by atoms with Crippen molar-refractivity contribution in [1.29, 1.82) is 0 Å². The second-order valence-corrected chi connectivity index (χ2v) is 7.09. The van der Waals surface area contributed by atoms with Crippen LogP contribution in [-0.4, -0.2) is 38.8 Å². The van der Waals surface area contributed by atoms with Gasteiger partial charge in [-0.2, -0.15) is 0 Å². The monoisotopic (exact) mass is 438 g/mol. The second-order valence-electron chi connectivity index (χ2n) is 7.09. The number of nitrogens with one attached hydrogen (secondary N) is 2. The van der Waals surface area contributed by atoms with Crippen LogP contribution in [0.2, 0.25) is 0 Å². The summed E-state index contributed by atoms with van der Waals surface area (Å²) in [5, 5.41) is 6.53. The van der Waals surface area contributed by atoms with Crippen LogP contribution in [0.5, 0.6) is 17.2 Å². The minimum atomic E-state index is 0.430. The molecule has 0 fully saturated rings. The van der Waals surface area contributed by atoms with Gasteiger partial charge in [-0.15, -0.1) is 0 Å². The van der Waals surface area contributed by atoms with Gasteiger partial charge in [0.1, 0.15) is 6.26 Å². The van der Waals surface area contributed by atoms with Gasteiger partial charge in [0, 0.05) is 12.1 Å². The zero-order valence-corrected chi connectivity index (χ0v) is 19.2. The number of aliphatic imine (C=N–C) groups is 1. The van der Waals surface area contributed by atoms with E-state index in [9.17, 15) is 0 Å². The van der Waals surface area contributed by atoms with Crippen LogP contribution in [-0.2, 0) is 13.1 Å². The van der Waals surface area contributed by atoms with Crippen molar-refractivity contribution < 1.29 is 18.6 Å². The third-order valence-corrected chi connectivity index (χ3v) is 4.78. The lowest BCUT2D eigenvalue weighted by Gasteiger charge is -2.14. The zero-order chi connectivity index (χ0) is 22.9. The molecule has 0 spiro atoms. The Labute approximate surface area is 188 Å². The molecule has 0 aliphatic heterocycles. The highest BCUT2D eigenvalue weighted by atomic mass is 16.5. The van der Waals surface area contributed by atoms with Crippen molar-refractivity contribution in [3.8, 4) is 28.7 Å². The number of rotatable bonds is 9. The molecule has 0 aliphatic rings. The summed E-state index contributed by atoms with van der Waals surface area (Å²) in [5.41, 5.74) is 3.87. The quantitative estimate of drug-likeness (QED) is 0.386. The second kappa shape index (κ2) is 11.1. The number of oxazole rings is 1. The molecular weight excluding hydrogens is 408 g/mol. The Balaban J connectivity index is 1.69. The fourth-order valence-corrected chi connectivity index (χ4v) is 3.13. The number of aromatic nitrogens is 1. The lowest BCUT2D eigenvalue weighted by molar-refractivity contribution is 0.324. The van der Waals surface area contributed by atoms with Gasteiger partial charge < -0.3 is 29.3 Å². The average Bonchev–Trinajstić information content (AvgIpc) is 3.29. The third-order valence-electron chi connectivity index (χ3n) is 4.78. The van der Waals surface area contributed by atoms with Crippen LogP contribution in [0.1, 0.15) is 23.7 Å². The maximum absolute atomic E-state index is 5.63. The molecule has 0 atom stereocenters. The van der Waals surface area contributed by atoms with Gasteiger partial charge >= 0.3 is 0 Å². The molecule has 0 saturated heterocycles. The van der Waals surface area contributed by atoms with Crippen LogP contribution < -0.4 is 24.8 Å². The van der Waals surface area contributed by atoms with E-state index >= 15 is 0 Å². The molecule has 1 aromatic heterocycles. The lowest BCUT2D eigenvalue weighted by atomic mass is 10.1. The highest BCUT2D eigenvalue weighted by Gasteiger charge is 2.13. The maximum Gasteiger partial charge on any atom is 0.226 e. The maximum atomic E-state index is 5.63. The van der Waals surface area contributed by atoms with Crippen molar-refractivity contribution in [3.63, 3.8) is 0 Å². The van der Waals surface area contributed by atoms with Crippen LogP contribution in [0.3, 0.4) is 0 Å². The normalized spacial score (nSPS) is 11.2. The Hall–Kier alpha value is -3.68. The Morgan fingerprint density at radius 1 is 1.00 bits per heavy atom. The standard InChI is InChI=1S/C24H30N4O4/c1-6-25-24(26-13-17-11-20(29-3)22(31-5)21(12-17)30-4)27-14-19-15-32-23(28-19)18-9-7-16(2)8-10-18/h7-12,15H,6,13-14H2,1-5H3,(H2,25,26,27). The van der Waals surface area contributed by atoms with Gasteiger partial charge in [-0.3, -0.25) is 0 Å². The molecule has 170 valence electrons. The molecule has 0 radical (unpaired) electrons. The van der Waals surface area contributed by atoms with Crippen molar-refractivity contribution in [2.24, 2.45) is 4.99 Å². The van der Waals surface area contributed by atoms with E-state index in [1.54, 1.807) is 27.6 Å². The number of hydrogen-bond donors (Lipinski definition) is 2. The van der Waals surface area contributed by atoms with Crippen molar-refractivity contribution >= 4 is 5.96 Å². The highest BCUT2D eigenvalue weighted by Crippen LogP contribution is 2.38. The Kier molecular flexibility index (Phi) is 7.96. The molecule has 3 aromatic rings. The van der Waals surface area contributed by atoms with Crippen LogP contribution >= 0.6 is 0 Å². The van der Waals surface area contributed by atoms with Crippen molar-refractivity contribution in [2.75, 3.05) is 27.9 Å².